The molecule has 1 aromatic rings. The second kappa shape index (κ2) is 8.53. The molecule has 0 fully saturated rings. The average Bonchev–Trinajstić information content (AvgIpc) is 2.79. The van der Waals surface area contributed by atoms with Crippen molar-refractivity contribution < 1.29 is 9.90 Å². The number of aromatic nitrogens is 2. The van der Waals surface area contributed by atoms with E-state index in [1.165, 1.54) is 0 Å². The number of urea groups is 1. The van der Waals surface area contributed by atoms with Crippen molar-refractivity contribution in [2.24, 2.45) is 13.0 Å². The smallest absolute Gasteiger partial charge is 0.315 e. The van der Waals surface area contributed by atoms with Crippen molar-refractivity contribution >= 4 is 6.03 Å². The van der Waals surface area contributed by atoms with E-state index in [1.807, 2.05) is 13.1 Å². The van der Waals surface area contributed by atoms with Crippen molar-refractivity contribution in [3.05, 3.63) is 18.0 Å². The fourth-order valence-electron chi connectivity index (χ4n) is 1.98. The van der Waals surface area contributed by atoms with Gasteiger partial charge in [-0.2, -0.15) is 5.10 Å². The molecule has 1 unspecified atom stereocenters. The van der Waals surface area contributed by atoms with E-state index >= 15 is 0 Å². The van der Waals surface area contributed by atoms with Crippen LogP contribution in [0.1, 0.15) is 31.9 Å². The predicted molar refractivity (Wildman–Crippen MR) is 73.5 cm³/mol. The Labute approximate surface area is 114 Å². The molecule has 3 N–H and O–H groups in total. The molecule has 19 heavy (non-hydrogen) atoms. The Morgan fingerprint density at radius 1 is 1.47 bits per heavy atom. The molecule has 0 bridgehead atoms. The van der Waals surface area contributed by atoms with Crippen LogP contribution in [0.15, 0.2) is 12.3 Å². The zero-order valence-corrected chi connectivity index (χ0v) is 11.7. The second-order valence-electron chi connectivity index (χ2n) is 4.68. The molecule has 0 spiro atoms. The minimum atomic E-state index is -0.180. The molecule has 1 atom stereocenters. The average molecular weight is 268 g/mol. The molecule has 1 heterocycles. The molecule has 2 amide bonds. The van der Waals surface area contributed by atoms with Crippen LogP contribution in [0.4, 0.5) is 4.79 Å². The Hall–Kier alpha value is -1.56. The van der Waals surface area contributed by atoms with Gasteiger partial charge in [-0.05, 0) is 24.8 Å². The summed E-state index contributed by atoms with van der Waals surface area (Å²) in [6.07, 6.45) is 4.51. The van der Waals surface area contributed by atoms with Gasteiger partial charge in [0.1, 0.15) is 0 Å². The maximum absolute atomic E-state index is 11.6. The van der Waals surface area contributed by atoms with Gasteiger partial charge in [0.2, 0.25) is 0 Å². The Morgan fingerprint density at radius 2 is 2.26 bits per heavy atom. The third-order valence-electron chi connectivity index (χ3n) is 3.14. The number of nitrogens with zero attached hydrogens (tertiary/aromatic N) is 2. The van der Waals surface area contributed by atoms with E-state index < -0.39 is 0 Å². The van der Waals surface area contributed by atoms with Gasteiger partial charge in [-0.25, -0.2) is 4.79 Å². The number of nitrogens with one attached hydrogen (secondary N) is 2. The zero-order chi connectivity index (χ0) is 14.1. The summed E-state index contributed by atoms with van der Waals surface area (Å²) < 4.78 is 1.73. The Kier molecular flexibility index (Phi) is 6.95. The van der Waals surface area contributed by atoms with Crippen LogP contribution < -0.4 is 10.6 Å². The lowest BCUT2D eigenvalue weighted by Crippen LogP contribution is -2.38. The van der Waals surface area contributed by atoms with Crippen molar-refractivity contribution in [2.75, 3.05) is 13.2 Å². The highest BCUT2D eigenvalue weighted by atomic mass is 16.3. The molecule has 0 saturated carbocycles. The fraction of sp³-hybridized carbons (Fsp3) is 0.692. The van der Waals surface area contributed by atoms with Crippen LogP contribution in [0.25, 0.3) is 0 Å². The number of aryl methyl sites for hydroxylation is 1. The summed E-state index contributed by atoms with van der Waals surface area (Å²) in [5.74, 6) is 0.345. The van der Waals surface area contributed by atoms with Crippen LogP contribution in [0, 0.1) is 5.92 Å². The van der Waals surface area contributed by atoms with E-state index in [4.69, 9.17) is 5.11 Å². The van der Waals surface area contributed by atoms with Crippen molar-refractivity contribution in [2.45, 2.75) is 32.7 Å². The van der Waals surface area contributed by atoms with Crippen molar-refractivity contribution in [3.8, 4) is 0 Å². The van der Waals surface area contributed by atoms with Crippen LogP contribution in [0.2, 0.25) is 0 Å². The molecule has 6 heteroatoms. The third kappa shape index (κ3) is 5.74. The van der Waals surface area contributed by atoms with Crippen LogP contribution in [0.3, 0.4) is 0 Å². The van der Waals surface area contributed by atoms with E-state index in [0.717, 1.165) is 25.0 Å². The molecule has 1 rings (SSSR count). The predicted octanol–water partition coefficient (Wildman–Crippen LogP) is 1.02. The maximum Gasteiger partial charge on any atom is 0.315 e. The molecular formula is C13H24N4O2. The first-order valence-electron chi connectivity index (χ1n) is 6.76. The van der Waals surface area contributed by atoms with Crippen molar-refractivity contribution in [1.29, 1.82) is 0 Å². The molecule has 108 valence electrons. The topological polar surface area (TPSA) is 79.2 Å². The first-order chi connectivity index (χ1) is 9.17. The molecule has 1 aromatic heterocycles. The maximum atomic E-state index is 11.6. The highest BCUT2D eigenvalue weighted by molar-refractivity contribution is 5.73. The standard InChI is InChI=1S/C13H24N4O2/c1-3-4-11(6-8-18)9-14-13(19)15-10-12-5-7-16-17(12)2/h5,7,11,18H,3-4,6,8-10H2,1-2H3,(H2,14,15,19). The lowest BCUT2D eigenvalue weighted by molar-refractivity contribution is 0.229. The highest BCUT2D eigenvalue weighted by Gasteiger charge is 2.09. The normalized spacial score (nSPS) is 12.2. The summed E-state index contributed by atoms with van der Waals surface area (Å²) in [5.41, 5.74) is 0.954. The molecule has 6 nitrogen and oxygen atoms in total. The fourth-order valence-corrected chi connectivity index (χ4v) is 1.98. The third-order valence-corrected chi connectivity index (χ3v) is 3.14. The number of carbonyl (C=O) groups excluding carboxylic acids is 1. The summed E-state index contributed by atoms with van der Waals surface area (Å²) in [6, 6.07) is 1.69. The molecule has 0 aliphatic heterocycles. The number of aliphatic hydroxyl groups excluding tert-OH is 1. The van der Waals surface area contributed by atoms with Crippen LogP contribution >= 0.6 is 0 Å². The van der Waals surface area contributed by atoms with E-state index in [-0.39, 0.29) is 12.6 Å². The van der Waals surface area contributed by atoms with Crippen LogP contribution in [0.5, 0.6) is 0 Å². The van der Waals surface area contributed by atoms with Gasteiger partial charge in [0, 0.05) is 26.4 Å². The number of hydrogen-bond donors (Lipinski definition) is 3. The van der Waals surface area contributed by atoms with E-state index in [9.17, 15) is 4.79 Å². The highest BCUT2D eigenvalue weighted by Crippen LogP contribution is 2.09. The molecule has 0 aromatic carbocycles. The van der Waals surface area contributed by atoms with Gasteiger partial charge in [-0.15, -0.1) is 0 Å². The van der Waals surface area contributed by atoms with Crippen LogP contribution in [-0.2, 0) is 13.6 Å². The number of rotatable bonds is 8. The van der Waals surface area contributed by atoms with Gasteiger partial charge in [0.05, 0.1) is 12.2 Å². The largest absolute Gasteiger partial charge is 0.396 e. The van der Waals surface area contributed by atoms with Gasteiger partial charge in [-0.1, -0.05) is 13.3 Å². The Balaban J connectivity index is 2.25. The first-order valence-corrected chi connectivity index (χ1v) is 6.76. The van der Waals surface area contributed by atoms with Crippen molar-refractivity contribution in [3.63, 3.8) is 0 Å². The molecule has 0 aliphatic carbocycles. The Morgan fingerprint density at radius 3 is 2.84 bits per heavy atom. The van der Waals surface area contributed by atoms with Gasteiger partial charge in [-0.3, -0.25) is 4.68 Å². The lowest BCUT2D eigenvalue weighted by Gasteiger charge is -2.16. The summed E-state index contributed by atoms with van der Waals surface area (Å²) in [4.78, 5) is 11.6. The molecule has 0 radical (unpaired) electrons. The summed E-state index contributed by atoms with van der Waals surface area (Å²) in [5, 5.41) is 18.6. The molecule has 0 aliphatic rings. The minimum Gasteiger partial charge on any atom is -0.396 e. The lowest BCUT2D eigenvalue weighted by atomic mass is 10.0. The monoisotopic (exact) mass is 268 g/mol. The second-order valence-corrected chi connectivity index (χ2v) is 4.68. The van der Waals surface area contributed by atoms with E-state index in [2.05, 4.69) is 22.7 Å². The van der Waals surface area contributed by atoms with Crippen LogP contribution in [-0.4, -0.2) is 34.1 Å². The quantitative estimate of drug-likeness (QED) is 0.658. The van der Waals surface area contributed by atoms with Gasteiger partial charge >= 0.3 is 6.03 Å². The number of aliphatic hydroxyl groups is 1. The number of carbonyl (C=O) groups is 1. The Bertz CT molecular complexity index is 372. The van der Waals surface area contributed by atoms with Gasteiger partial charge in [0.25, 0.3) is 0 Å². The molecular weight excluding hydrogens is 244 g/mol. The summed E-state index contributed by atoms with van der Waals surface area (Å²) in [7, 11) is 1.84. The SMILES string of the molecule is CCCC(CCO)CNC(=O)NCc1ccnn1C. The summed E-state index contributed by atoms with van der Waals surface area (Å²) in [6.45, 7) is 3.34. The number of amides is 2. The van der Waals surface area contributed by atoms with Gasteiger partial charge in [0.15, 0.2) is 0 Å². The molecule has 0 saturated heterocycles. The van der Waals surface area contributed by atoms with Crippen molar-refractivity contribution in [1.82, 2.24) is 20.4 Å². The zero-order valence-electron chi connectivity index (χ0n) is 11.7. The minimum absolute atomic E-state index is 0.170. The first kappa shape index (κ1) is 15.5. The number of hydrogen-bond acceptors (Lipinski definition) is 3. The summed E-state index contributed by atoms with van der Waals surface area (Å²) >= 11 is 0. The van der Waals surface area contributed by atoms with E-state index in [0.29, 0.717) is 19.0 Å². The van der Waals surface area contributed by atoms with Gasteiger partial charge < -0.3 is 15.7 Å². The van der Waals surface area contributed by atoms with E-state index in [1.54, 1.807) is 10.9 Å².